The summed E-state index contributed by atoms with van der Waals surface area (Å²) in [4.78, 5) is 36.5. The fraction of sp³-hybridized carbons (Fsp3) is 0.286. The minimum Gasteiger partial charge on any atom is -0.445 e. The Bertz CT molecular complexity index is 876. The van der Waals surface area contributed by atoms with Crippen molar-refractivity contribution in [3.63, 3.8) is 0 Å². The number of alkyl carbamates (subject to hydrolysis) is 1. The van der Waals surface area contributed by atoms with Crippen LogP contribution in [0.5, 0.6) is 0 Å². The molecule has 0 saturated carbocycles. The number of carbonyl (C=O) groups is 3. The van der Waals surface area contributed by atoms with E-state index in [0.717, 1.165) is 5.56 Å². The predicted molar refractivity (Wildman–Crippen MR) is 112 cm³/mol. The van der Waals surface area contributed by atoms with Crippen LogP contribution in [-0.4, -0.2) is 41.2 Å². The second kappa shape index (κ2) is 11.2. The molecule has 0 fully saturated rings. The molecule has 9 heteroatoms. The summed E-state index contributed by atoms with van der Waals surface area (Å²) in [6.45, 7) is 1.33. The maximum Gasteiger partial charge on any atom is 0.408 e. The van der Waals surface area contributed by atoms with E-state index in [1.807, 2.05) is 6.07 Å². The van der Waals surface area contributed by atoms with E-state index in [2.05, 4.69) is 10.6 Å². The fourth-order valence-electron chi connectivity index (χ4n) is 2.67. The Morgan fingerprint density at radius 2 is 1.70 bits per heavy atom. The molecule has 2 rings (SSSR count). The highest BCUT2D eigenvalue weighted by Gasteiger charge is 2.30. The number of aliphatic hydroxyl groups excluding tert-OH is 1. The van der Waals surface area contributed by atoms with Crippen LogP contribution in [0.1, 0.15) is 18.1 Å². The molecule has 0 unspecified atom stereocenters. The molecule has 0 aromatic heterocycles. The van der Waals surface area contributed by atoms with Crippen LogP contribution in [0.2, 0.25) is 5.02 Å². The highest BCUT2D eigenvalue weighted by Crippen LogP contribution is 2.16. The number of hydrogen-bond acceptors (Lipinski definition) is 5. The number of nitrogens with one attached hydrogen (secondary N) is 2. The van der Waals surface area contributed by atoms with Crippen molar-refractivity contribution < 1.29 is 24.2 Å². The predicted octanol–water partition coefficient (Wildman–Crippen LogP) is 1.53. The third-order valence-corrected chi connectivity index (χ3v) is 4.66. The molecule has 0 aliphatic carbocycles. The van der Waals surface area contributed by atoms with Crippen LogP contribution in [0.4, 0.5) is 4.79 Å². The van der Waals surface area contributed by atoms with E-state index < -0.39 is 36.1 Å². The Morgan fingerprint density at radius 1 is 1.07 bits per heavy atom. The first-order chi connectivity index (χ1) is 14.3. The number of benzene rings is 2. The first-order valence-electron chi connectivity index (χ1n) is 9.26. The molecule has 160 valence electrons. The summed E-state index contributed by atoms with van der Waals surface area (Å²) in [6, 6.07) is 13.4. The molecule has 5 N–H and O–H groups in total. The molecule has 2 aromatic rings. The molecule has 0 bridgehead atoms. The number of hydrogen-bond donors (Lipinski definition) is 4. The van der Waals surface area contributed by atoms with Gasteiger partial charge in [-0.1, -0.05) is 60.1 Å². The summed E-state index contributed by atoms with van der Waals surface area (Å²) in [5.74, 6) is -1.56. The molecule has 2 aromatic carbocycles. The Morgan fingerprint density at radius 3 is 2.30 bits per heavy atom. The smallest absolute Gasteiger partial charge is 0.408 e. The Labute approximate surface area is 179 Å². The molecule has 3 atom stereocenters. The summed E-state index contributed by atoms with van der Waals surface area (Å²) < 4.78 is 5.07. The van der Waals surface area contributed by atoms with Crippen LogP contribution < -0.4 is 16.4 Å². The fourth-order valence-corrected chi connectivity index (χ4v) is 2.88. The number of halogens is 1. The molecular weight excluding hydrogens is 410 g/mol. The van der Waals surface area contributed by atoms with Gasteiger partial charge in [0.05, 0.1) is 6.10 Å². The molecule has 0 aliphatic rings. The quantitative estimate of drug-likeness (QED) is 0.476. The van der Waals surface area contributed by atoms with E-state index in [9.17, 15) is 19.5 Å². The van der Waals surface area contributed by atoms with E-state index in [0.29, 0.717) is 10.6 Å². The standard InChI is InChI=1S/C21H24ClN3O5/c1-13(26)18(25-21(29)30-12-14-7-3-2-4-8-14)20(28)24-17(19(23)27)11-15-9-5-6-10-16(15)22/h2-10,13,17-18,26H,11-12H2,1H3,(H2,23,27)(H,24,28)(H,25,29)/t13-,17-,18+/m1/s1. The largest absolute Gasteiger partial charge is 0.445 e. The van der Waals surface area contributed by atoms with Gasteiger partial charge in [-0.05, 0) is 24.1 Å². The van der Waals surface area contributed by atoms with Gasteiger partial charge in [-0.15, -0.1) is 0 Å². The molecule has 8 nitrogen and oxygen atoms in total. The van der Waals surface area contributed by atoms with E-state index in [1.165, 1.54) is 6.92 Å². The molecule has 3 amide bonds. The zero-order valence-electron chi connectivity index (χ0n) is 16.4. The van der Waals surface area contributed by atoms with Gasteiger partial charge in [0.2, 0.25) is 11.8 Å². The van der Waals surface area contributed by atoms with Crippen LogP contribution in [0, 0.1) is 0 Å². The van der Waals surface area contributed by atoms with Crippen molar-refractivity contribution in [2.45, 2.75) is 38.1 Å². The summed E-state index contributed by atoms with van der Waals surface area (Å²) in [6.07, 6.45) is -2.07. The zero-order valence-corrected chi connectivity index (χ0v) is 17.1. The van der Waals surface area contributed by atoms with Crippen LogP contribution >= 0.6 is 11.6 Å². The van der Waals surface area contributed by atoms with Crippen LogP contribution in [0.15, 0.2) is 54.6 Å². The number of primary amides is 1. The highest BCUT2D eigenvalue weighted by atomic mass is 35.5. The molecule has 0 heterocycles. The Balaban J connectivity index is 1.99. The minimum atomic E-state index is -1.35. The number of rotatable bonds is 9. The summed E-state index contributed by atoms with van der Waals surface area (Å²) in [5.41, 5.74) is 6.78. The van der Waals surface area contributed by atoms with Crippen LogP contribution in [0.25, 0.3) is 0 Å². The lowest BCUT2D eigenvalue weighted by atomic mass is 10.0. The van der Waals surface area contributed by atoms with Crippen molar-refractivity contribution in [3.05, 3.63) is 70.7 Å². The average molecular weight is 434 g/mol. The summed E-state index contributed by atoms with van der Waals surface area (Å²) in [5, 5.41) is 15.1. The van der Waals surface area contributed by atoms with Gasteiger partial charge in [0, 0.05) is 11.4 Å². The Kier molecular flexibility index (Phi) is 8.64. The van der Waals surface area contributed by atoms with Crippen LogP contribution in [0.3, 0.4) is 0 Å². The topological polar surface area (TPSA) is 131 Å². The second-order valence-corrected chi connectivity index (χ2v) is 7.09. The van der Waals surface area contributed by atoms with Gasteiger partial charge in [-0.25, -0.2) is 4.79 Å². The van der Waals surface area contributed by atoms with Gasteiger partial charge < -0.3 is 26.2 Å². The molecule has 0 spiro atoms. The molecule has 0 saturated heterocycles. The second-order valence-electron chi connectivity index (χ2n) is 6.68. The highest BCUT2D eigenvalue weighted by molar-refractivity contribution is 6.31. The maximum atomic E-state index is 12.6. The van der Waals surface area contributed by atoms with Crippen molar-refractivity contribution in [1.82, 2.24) is 10.6 Å². The number of amides is 3. The number of ether oxygens (including phenoxy) is 1. The van der Waals surface area contributed by atoms with Gasteiger partial charge in [-0.2, -0.15) is 0 Å². The maximum absolute atomic E-state index is 12.6. The van der Waals surface area contributed by atoms with Gasteiger partial charge in [0.15, 0.2) is 0 Å². The third-order valence-electron chi connectivity index (χ3n) is 4.29. The van der Waals surface area contributed by atoms with Crippen molar-refractivity contribution in [2.75, 3.05) is 0 Å². The first-order valence-corrected chi connectivity index (χ1v) is 9.64. The van der Waals surface area contributed by atoms with E-state index in [1.54, 1.807) is 48.5 Å². The summed E-state index contributed by atoms with van der Waals surface area (Å²) >= 11 is 6.10. The number of carbonyl (C=O) groups excluding carboxylic acids is 3. The number of nitrogens with two attached hydrogens (primary N) is 1. The average Bonchev–Trinajstić information content (AvgIpc) is 2.71. The number of aliphatic hydroxyl groups is 1. The molecule has 0 aliphatic heterocycles. The Hall–Kier alpha value is -3.10. The lowest BCUT2D eigenvalue weighted by Crippen LogP contribution is -2.57. The van der Waals surface area contributed by atoms with Crippen LogP contribution in [-0.2, 0) is 27.4 Å². The van der Waals surface area contributed by atoms with E-state index in [4.69, 9.17) is 22.1 Å². The normalized spacial score (nSPS) is 13.6. The first kappa shape index (κ1) is 23.2. The van der Waals surface area contributed by atoms with Crippen molar-refractivity contribution in [2.24, 2.45) is 5.73 Å². The van der Waals surface area contributed by atoms with Crippen molar-refractivity contribution in [3.8, 4) is 0 Å². The molecule has 0 radical (unpaired) electrons. The van der Waals surface area contributed by atoms with E-state index >= 15 is 0 Å². The summed E-state index contributed by atoms with van der Waals surface area (Å²) in [7, 11) is 0. The van der Waals surface area contributed by atoms with Gasteiger partial charge in [0.25, 0.3) is 0 Å². The zero-order chi connectivity index (χ0) is 22.1. The van der Waals surface area contributed by atoms with Gasteiger partial charge >= 0.3 is 6.09 Å². The third kappa shape index (κ3) is 7.06. The molecule has 30 heavy (non-hydrogen) atoms. The van der Waals surface area contributed by atoms with Crippen molar-refractivity contribution in [1.29, 1.82) is 0 Å². The van der Waals surface area contributed by atoms with Crippen molar-refractivity contribution >= 4 is 29.5 Å². The van der Waals surface area contributed by atoms with E-state index in [-0.39, 0.29) is 13.0 Å². The monoisotopic (exact) mass is 433 g/mol. The SMILES string of the molecule is C[C@@H](O)[C@H](NC(=O)OCc1ccccc1)C(=O)N[C@H](Cc1ccccc1Cl)C(N)=O. The molecular formula is C21H24ClN3O5. The minimum absolute atomic E-state index is 0.00274. The van der Waals surface area contributed by atoms with Gasteiger partial charge in [0.1, 0.15) is 18.7 Å². The lowest BCUT2D eigenvalue weighted by molar-refractivity contribution is -0.130. The lowest BCUT2D eigenvalue weighted by Gasteiger charge is -2.23. The van der Waals surface area contributed by atoms with Gasteiger partial charge in [-0.3, -0.25) is 9.59 Å².